The van der Waals surface area contributed by atoms with Gasteiger partial charge < -0.3 is 30.5 Å². The van der Waals surface area contributed by atoms with Crippen LogP contribution in [0.5, 0.6) is 5.75 Å². The average Bonchev–Trinajstić information content (AvgIpc) is 2.74. The van der Waals surface area contributed by atoms with Crippen molar-refractivity contribution in [3.8, 4) is 5.75 Å². The summed E-state index contributed by atoms with van der Waals surface area (Å²) in [4.78, 5) is 8.90. The molecule has 4 atom stereocenters. The lowest BCUT2D eigenvalue weighted by Crippen LogP contribution is -2.54. The Bertz CT molecular complexity index is 809. The Morgan fingerprint density at radius 3 is 2.12 bits per heavy atom. The number of carboxylic acid groups (broad SMARTS) is 1. The number of rotatable bonds is 9. The maximum absolute atomic E-state index is 13.3. The lowest BCUT2D eigenvalue weighted by molar-refractivity contribution is -0.192. The number of aryl methyl sites for hydroxylation is 2. The van der Waals surface area contributed by atoms with Gasteiger partial charge in [0, 0.05) is 0 Å². The number of aliphatic hydroxyl groups excluding tert-OH is 3. The zero-order chi connectivity index (χ0) is 26.1. The molecule has 0 amide bonds. The molecule has 2 rings (SSSR count). The minimum atomic E-state index is -5.08. The van der Waals surface area contributed by atoms with Crippen LogP contribution < -0.4 is 10.1 Å². The van der Waals surface area contributed by atoms with Gasteiger partial charge in [-0.2, -0.15) is 13.2 Å². The molecular formula is C22H30F5NO6. The topological polar surface area (TPSA) is 119 Å². The van der Waals surface area contributed by atoms with Crippen molar-refractivity contribution in [3.63, 3.8) is 0 Å². The van der Waals surface area contributed by atoms with Gasteiger partial charge in [-0.3, -0.25) is 0 Å². The van der Waals surface area contributed by atoms with Gasteiger partial charge in [0.25, 0.3) is 0 Å². The maximum Gasteiger partial charge on any atom is 0.490 e. The Morgan fingerprint density at radius 2 is 1.62 bits per heavy atom. The number of ether oxygens (including phenoxy) is 1. The molecule has 0 radical (unpaired) electrons. The van der Waals surface area contributed by atoms with Gasteiger partial charge in [0.1, 0.15) is 36.6 Å². The molecule has 194 valence electrons. The first kappa shape index (κ1) is 29.8. The monoisotopic (exact) mass is 499 g/mol. The summed E-state index contributed by atoms with van der Waals surface area (Å²) in [5.74, 6) is -2.31. The Morgan fingerprint density at radius 1 is 1.06 bits per heavy atom. The average molecular weight is 499 g/mol. The van der Waals surface area contributed by atoms with Gasteiger partial charge in [-0.25, -0.2) is 13.6 Å². The Hall–Kier alpha value is -2.28. The van der Waals surface area contributed by atoms with Gasteiger partial charge in [0.15, 0.2) is 0 Å². The van der Waals surface area contributed by atoms with Crippen LogP contribution in [0, 0.1) is 19.7 Å². The normalized spacial score (nSPS) is 22.5. The van der Waals surface area contributed by atoms with Gasteiger partial charge in [-0.1, -0.05) is 6.08 Å². The van der Waals surface area contributed by atoms with Crippen LogP contribution in [0.2, 0.25) is 0 Å². The van der Waals surface area contributed by atoms with E-state index in [4.69, 9.17) is 14.6 Å². The van der Waals surface area contributed by atoms with Crippen LogP contribution in [0.4, 0.5) is 22.0 Å². The molecule has 0 fully saturated rings. The molecule has 0 aromatic heterocycles. The SMILES string of the molecule is Cc1cc(F)cc(C)c1OCCCCCN[C@@H]1C=C(CF)[C@H](O)[C@H](O)[C@H]1O.O=C(O)C(F)(F)F. The van der Waals surface area contributed by atoms with Crippen molar-refractivity contribution in [2.45, 2.75) is 63.6 Å². The van der Waals surface area contributed by atoms with Crippen molar-refractivity contribution in [3.05, 3.63) is 40.7 Å². The molecule has 0 saturated heterocycles. The highest BCUT2D eigenvalue weighted by Gasteiger charge is 2.38. The van der Waals surface area contributed by atoms with Crippen molar-refractivity contribution < 1.29 is 51.9 Å². The second kappa shape index (κ2) is 13.6. The molecule has 1 aliphatic carbocycles. The smallest absolute Gasteiger partial charge is 0.490 e. The molecule has 7 nitrogen and oxygen atoms in total. The molecule has 5 N–H and O–H groups in total. The summed E-state index contributed by atoms with van der Waals surface area (Å²) in [5.41, 5.74) is 1.64. The third kappa shape index (κ3) is 9.16. The molecule has 0 aliphatic heterocycles. The highest BCUT2D eigenvalue weighted by atomic mass is 19.4. The van der Waals surface area contributed by atoms with Crippen LogP contribution in [0.1, 0.15) is 30.4 Å². The van der Waals surface area contributed by atoms with E-state index in [-0.39, 0.29) is 11.4 Å². The minimum absolute atomic E-state index is 0.0868. The molecule has 0 unspecified atom stereocenters. The molecule has 0 saturated carbocycles. The highest BCUT2D eigenvalue weighted by Crippen LogP contribution is 2.24. The molecule has 0 bridgehead atoms. The highest BCUT2D eigenvalue weighted by molar-refractivity contribution is 5.73. The summed E-state index contributed by atoms with van der Waals surface area (Å²) in [7, 11) is 0. The third-order valence-electron chi connectivity index (χ3n) is 5.08. The summed E-state index contributed by atoms with van der Waals surface area (Å²) in [6.45, 7) is 3.87. The van der Waals surface area contributed by atoms with E-state index in [1.807, 2.05) is 13.8 Å². The number of hydrogen-bond acceptors (Lipinski definition) is 6. The molecule has 12 heteroatoms. The number of carbonyl (C=O) groups is 1. The third-order valence-corrected chi connectivity index (χ3v) is 5.08. The number of aliphatic carboxylic acids is 1. The summed E-state index contributed by atoms with van der Waals surface area (Å²) in [6.07, 6.45) is -5.07. The summed E-state index contributed by atoms with van der Waals surface area (Å²) < 4.78 is 63.6. The van der Waals surface area contributed by atoms with Gasteiger partial charge >= 0.3 is 12.1 Å². The molecule has 1 aromatic rings. The lowest BCUT2D eigenvalue weighted by Gasteiger charge is -2.34. The molecule has 0 spiro atoms. The molecule has 34 heavy (non-hydrogen) atoms. The van der Waals surface area contributed by atoms with Crippen LogP contribution in [-0.4, -0.2) is 76.8 Å². The number of halogens is 5. The van der Waals surface area contributed by atoms with Gasteiger partial charge in [-0.05, 0) is 68.5 Å². The summed E-state index contributed by atoms with van der Waals surface area (Å²) >= 11 is 0. The Balaban J connectivity index is 0.000000718. The minimum Gasteiger partial charge on any atom is -0.493 e. The quantitative estimate of drug-likeness (QED) is 0.201. The Labute approximate surface area is 193 Å². The number of alkyl halides is 4. The molecule has 1 aromatic carbocycles. The molecule has 0 heterocycles. The van der Waals surface area contributed by atoms with Crippen LogP contribution in [0.15, 0.2) is 23.8 Å². The van der Waals surface area contributed by atoms with Crippen molar-refractivity contribution in [2.24, 2.45) is 0 Å². The van der Waals surface area contributed by atoms with E-state index in [0.717, 1.165) is 36.1 Å². The first-order chi connectivity index (χ1) is 15.8. The standard InChI is InChI=1S/C20H29F2NO4.C2HF3O2/c1-12-8-15(22)9-13(2)20(12)27-7-5-3-4-6-23-16-10-14(11-21)17(24)19(26)18(16)25;3-2(4,5)1(6)7/h8-10,16-19,23-26H,3-7,11H2,1-2H3;(H,6,7)/t16-,17+,18+,19+;/m1./s1. The van der Waals surface area contributed by atoms with Crippen molar-refractivity contribution in [2.75, 3.05) is 19.8 Å². The van der Waals surface area contributed by atoms with Crippen molar-refractivity contribution in [1.29, 1.82) is 0 Å². The van der Waals surface area contributed by atoms with E-state index >= 15 is 0 Å². The molecule has 1 aliphatic rings. The zero-order valence-electron chi connectivity index (χ0n) is 18.8. The van der Waals surface area contributed by atoms with Crippen LogP contribution >= 0.6 is 0 Å². The number of hydrogen-bond donors (Lipinski definition) is 5. The van der Waals surface area contributed by atoms with Crippen molar-refractivity contribution >= 4 is 5.97 Å². The fraction of sp³-hybridized carbons (Fsp3) is 0.591. The fourth-order valence-corrected chi connectivity index (χ4v) is 3.32. The predicted octanol–water partition coefficient (Wildman–Crippen LogP) is 2.58. The van der Waals surface area contributed by atoms with Crippen LogP contribution in [0.25, 0.3) is 0 Å². The van der Waals surface area contributed by atoms with Crippen molar-refractivity contribution in [1.82, 2.24) is 5.32 Å². The number of unbranched alkanes of at least 4 members (excludes halogenated alkanes) is 2. The first-order valence-corrected chi connectivity index (χ1v) is 10.5. The van der Waals surface area contributed by atoms with E-state index < -0.39 is 43.2 Å². The zero-order valence-corrected chi connectivity index (χ0v) is 18.8. The second-order valence-electron chi connectivity index (χ2n) is 7.86. The van der Waals surface area contributed by atoms with E-state index in [0.29, 0.717) is 13.2 Å². The first-order valence-electron chi connectivity index (χ1n) is 10.5. The summed E-state index contributed by atoms with van der Waals surface area (Å²) in [5, 5.41) is 39.6. The van der Waals surface area contributed by atoms with E-state index in [9.17, 15) is 37.3 Å². The number of nitrogens with one attached hydrogen (secondary N) is 1. The predicted molar refractivity (Wildman–Crippen MR) is 113 cm³/mol. The number of carboxylic acids is 1. The molecular weight excluding hydrogens is 469 g/mol. The Kier molecular flexibility index (Phi) is 11.9. The van der Waals surface area contributed by atoms with Crippen LogP contribution in [0.3, 0.4) is 0 Å². The van der Waals surface area contributed by atoms with E-state index in [2.05, 4.69) is 5.32 Å². The lowest BCUT2D eigenvalue weighted by atomic mass is 9.88. The van der Waals surface area contributed by atoms with Crippen LogP contribution in [-0.2, 0) is 4.79 Å². The maximum atomic E-state index is 13.3. The second-order valence-corrected chi connectivity index (χ2v) is 7.86. The number of aliphatic hydroxyl groups is 3. The summed E-state index contributed by atoms with van der Waals surface area (Å²) in [6, 6.07) is 2.31. The van der Waals surface area contributed by atoms with Gasteiger partial charge in [0.05, 0.1) is 12.6 Å². The fourth-order valence-electron chi connectivity index (χ4n) is 3.32. The van der Waals surface area contributed by atoms with E-state index in [1.165, 1.54) is 18.2 Å². The van der Waals surface area contributed by atoms with E-state index in [1.54, 1.807) is 0 Å². The number of benzene rings is 1. The largest absolute Gasteiger partial charge is 0.493 e. The van der Waals surface area contributed by atoms with Gasteiger partial charge in [-0.15, -0.1) is 0 Å². The van der Waals surface area contributed by atoms with Gasteiger partial charge in [0.2, 0.25) is 0 Å².